The lowest BCUT2D eigenvalue weighted by Gasteiger charge is -2.26. The van der Waals surface area contributed by atoms with E-state index in [1.165, 1.54) is 0 Å². The molecule has 2 heterocycles. The number of carbonyl (C=O) groups excluding carboxylic acids is 1. The van der Waals surface area contributed by atoms with Crippen LogP contribution >= 0.6 is 11.3 Å². The molecule has 5 nitrogen and oxygen atoms in total. The Bertz CT molecular complexity index is 655. The summed E-state index contributed by atoms with van der Waals surface area (Å²) in [6, 6.07) is 3.22. The van der Waals surface area contributed by atoms with Crippen molar-refractivity contribution in [2.75, 3.05) is 13.1 Å². The fraction of sp³-hybridized carbons (Fsp3) is 0.688. The summed E-state index contributed by atoms with van der Waals surface area (Å²) in [6.07, 6.45) is 5.98. The zero-order valence-electron chi connectivity index (χ0n) is 13.5. The summed E-state index contributed by atoms with van der Waals surface area (Å²) in [7, 11) is -3.52. The highest BCUT2D eigenvalue weighted by Gasteiger charge is 2.27. The maximum absolute atomic E-state index is 12.5. The molecule has 1 saturated carbocycles. The molecule has 0 spiro atoms. The van der Waals surface area contributed by atoms with E-state index in [1.54, 1.807) is 17.0 Å². The van der Waals surface area contributed by atoms with Crippen LogP contribution in [-0.2, 0) is 10.0 Å². The molecule has 0 aromatic carbocycles. The standard InChI is InChI=1S/C16H24N2O3S2/c1-12-4-6-13(7-5-12)17-23(20,21)15-9-8-14(22-15)16(19)18-10-2-3-11-18/h8-9,12-13,17H,2-7,10-11H2,1H3. The number of nitrogens with zero attached hydrogens (tertiary/aromatic N) is 1. The maximum atomic E-state index is 12.5. The van der Waals surface area contributed by atoms with Gasteiger partial charge in [0, 0.05) is 19.1 Å². The largest absolute Gasteiger partial charge is 0.338 e. The highest BCUT2D eigenvalue weighted by Crippen LogP contribution is 2.27. The first-order chi connectivity index (χ1) is 11.0. The average Bonchev–Trinajstić information content (AvgIpc) is 3.20. The Labute approximate surface area is 142 Å². The van der Waals surface area contributed by atoms with Crippen LogP contribution in [0.15, 0.2) is 16.3 Å². The van der Waals surface area contributed by atoms with E-state index >= 15 is 0 Å². The fourth-order valence-corrected chi connectivity index (χ4v) is 5.91. The molecule has 1 aromatic rings. The van der Waals surface area contributed by atoms with Crippen LogP contribution in [0, 0.1) is 5.92 Å². The summed E-state index contributed by atoms with van der Waals surface area (Å²) in [4.78, 5) is 14.7. The molecular formula is C16H24N2O3S2. The number of carbonyl (C=O) groups is 1. The van der Waals surface area contributed by atoms with Crippen molar-refractivity contribution in [1.29, 1.82) is 0 Å². The van der Waals surface area contributed by atoms with Gasteiger partial charge in [-0.1, -0.05) is 6.92 Å². The van der Waals surface area contributed by atoms with Gasteiger partial charge in [0.25, 0.3) is 5.91 Å². The minimum Gasteiger partial charge on any atom is -0.338 e. The fourth-order valence-electron chi connectivity index (χ4n) is 3.31. The number of nitrogens with one attached hydrogen (secondary N) is 1. The maximum Gasteiger partial charge on any atom is 0.263 e. The smallest absolute Gasteiger partial charge is 0.263 e. The summed E-state index contributed by atoms with van der Waals surface area (Å²) in [6.45, 7) is 3.76. The average molecular weight is 357 g/mol. The molecule has 2 aliphatic rings. The van der Waals surface area contributed by atoms with Gasteiger partial charge in [0.05, 0.1) is 4.88 Å². The number of amides is 1. The van der Waals surface area contributed by atoms with Gasteiger partial charge in [-0.2, -0.15) is 0 Å². The molecule has 1 aliphatic heterocycles. The van der Waals surface area contributed by atoms with Crippen molar-refractivity contribution < 1.29 is 13.2 Å². The summed E-state index contributed by atoms with van der Waals surface area (Å²) in [5.74, 6) is 0.641. The predicted octanol–water partition coefficient (Wildman–Crippen LogP) is 2.84. The van der Waals surface area contributed by atoms with Gasteiger partial charge in [0.1, 0.15) is 4.21 Å². The Morgan fingerprint density at radius 3 is 2.48 bits per heavy atom. The zero-order chi connectivity index (χ0) is 16.4. The van der Waals surface area contributed by atoms with E-state index in [1.807, 2.05) is 0 Å². The van der Waals surface area contributed by atoms with Crippen LogP contribution in [0.4, 0.5) is 0 Å². The highest BCUT2D eigenvalue weighted by atomic mass is 32.2. The van der Waals surface area contributed by atoms with Crippen molar-refractivity contribution in [2.24, 2.45) is 5.92 Å². The van der Waals surface area contributed by atoms with E-state index in [2.05, 4.69) is 11.6 Å². The van der Waals surface area contributed by atoms with Crippen molar-refractivity contribution >= 4 is 27.3 Å². The minimum atomic E-state index is -3.52. The molecular weight excluding hydrogens is 332 g/mol. The number of rotatable bonds is 4. The molecule has 1 aliphatic carbocycles. The van der Waals surface area contributed by atoms with Gasteiger partial charge in [0.15, 0.2) is 0 Å². The minimum absolute atomic E-state index is 0.0241. The van der Waals surface area contributed by atoms with E-state index in [0.29, 0.717) is 10.8 Å². The lowest BCUT2D eigenvalue weighted by Crippen LogP contribution is -2.37. The Hall–Kier alpha value is -0.920. The summed E-state index contributed by atoms with van der Waals surface area (Å²) < 4.78 is 28.1. The van der Waals surface area contributed by atoms with E-state index in [-0.39, 0.29) is 16.2 Å². The topological polar surface area (TPSA) is 66.5 Å². The Morgan fingerprint density at radius 1 is 1.17 bits per heavy atom. The van der Waals surface area contributed by atoms with Crippen molar-refractivity contribution in [2.45, 2.75) is 55.7 Å². The molecule has 128 valence electrons. The highest BCUT2D eigenvalue weighted by molar-refractivity contribution is 7.91. The molecule has 0 unspecified atom stereocenters. The van der Waals surface area contributed by atoms with Crippen LogP contribution < -0.4 is 4.72 Å². The molecule has 1 aromatic heterocycles. The second-order valence-electron chi connectivity index (χ2n) is 6.70. The second kappa shape index (κ2) is 6.91. The first-order valence-electron chi connectivity index (χ1n) is 8.37. The molecule has 2 fully saturated rings. The van der Waals surface area contributed by atoms with Crippen LogP contribution in [-0.4, -0.2) is 38.4 Å². The summed E-state index contributed by atoms with van der Waals surface area (Å²) >= 11 is 1.08. The van der Waals surface area contributed by atoms with Crippen LogP contribution in [0.5, 0.6) is 0 Å². The number of sulfonamides is 1. The zero-order valence-corrected chi connectivity index (χ0v) is 15.1. The van der Waals surface area contributed by atoms with E-state index in [9.17, 15) is 13.2 Å². The first-order valence-corrected chi connectivity index (χ1v) is 10.7. The lowest BCUT2D eigenvalue weighted by molar-refractivity contribution is 0.0797. The van der Waals surface area contributed by atoms with Gasteiger partial charge in [-0.3, -0.25) is 4.79 Å². The Kier molecular flexibility index (Phi) is 5.08. The van der Waals surface area contributed by atoms with Crippen LogP contribution in [0.25, 0.3) is 0 Å². The third-order valence-corrected chi connectivity index (χ3v) is 7.87. The summed E-state index contributed by atoms with van der Waals surface area (Å²) in [5.41, 5.74) is 0. The number of likely N-dealkylation sites (tertiary alicyclic amines) is 1. The predicted molar refractivity (Wildman–Crippen MR) is 91.2 cm³/mol. The normalized spacial score (nSPS) is 25.7. The van der Waals surface area contributed by atoms with E-state index in [4.69, 9.17) is 0 Å². The third kappa shape index (κ3) is 3.95. The molecule has 0 radical (unpaired) electrons. The Morgan fingerprint density at radius 2 is 1.83 bits per heavy atom. The molecule has 1 N–H and O–H groups in total. The van der Waals surface area contributed by atoms with Crippen LogP contribution in [0.1, 0.15) is 55.1 Å². The molecule has 7 heteroatoms. The molecule has 3 rings (SSSR count). The van der Waals surface area contributed by atoms with Gasteiger partial charge < -0.3 is 4.90 Å². The second-order valence-corrected chi connectivity index (χ2v) is 9.72. The number of hydrogen-bond donors (Lipinski definition) is 1. The SMILES string of the molecule is CC1CCC(NS(=O)(=O)c2ccc(C(=O)N3CCCC3)s2)CC1. The van der Waals surface area contributed by atoms with Crippen molar-refractivity contribution in [3.63, 3.8) is 0 Å². The third-order valence-electron chi connectivity index (χ3n) is 4.79. The van der Waals surface area contributed by atoms with Gasteiger partial charge in [-0.15, -0.1) is 11.3 Å². The quantitative estimate of drug-likeness (QED) is 0.902. The number of hydrogen-bond acceptors (Lipinski definition) is 4. The monoisotopic (exact) mass is 356 g/mol. The molecule has 23 heavy (non-hydrogen) atoms. The van der Waals surface area contributed by atoms with E-state index in [0.717, 1.165) is 63.0 Å². The molecule has 0 bridgehead atoms. The summed E-state index contributed by atoms with van der Waals surface area (Å²) in [5, 5.41) is 0. The first kappa shape index (κ1) is 16.9. The lowest BCUT2D eigenvalue weighted by atomic mass is 9.88. The van der Waals surface area contributed by atoms with Crippen LogP contribution in [0.3, 0.4) is 0 Å². The van der Waals surface area contributed by atoms with Gasteiger partial charge in [0.2, 0.25) is 10.0 Å². The van der Waals surface area contributed by atoms with Gasteiger partial charge in [-0.05, 0) is 56.6 Å². The van der Waals surface area contributed by atoms with Gasteiger partial charge in [-0.25, -0.2) is 13.1 Å². The van der Waals surface area contributed by atoms with Crippen molar-refractivity contribution in [3.8, 4) is 0 Å². The molecule has 1 amide bonds. The number of thiophene rings is 1. The molecule has 0 atom stereocenters. The van der Waals surface area contributed by atoms with Gasteiger partial charge >= 0.3 is 0 Å². The van der Waals surface area contributed by atoms with Crippen molar-refractivity contribution in [3.05, 3.63) is 17.0 Å². The van der Waals surface area contributed by atoms with E-state index < -0.39 is 10.0 Å². The van der Waals surface area contributed by atoms with Crippen molar-refractivity contribution in [1.82, 2.24) is 9.62 Å². The molecule has 1 saturated heterocycles. The Balaban J connectivity index is 1.67. The van der Waals surface area contributed by atoms with Crippen LogP contribution in [0.2, 0.25) is 0 Å².